The van der Waals surface area contributed by atoms with Gasteiger partial charge in [0.1, 0.15) is 5.75 Å². The van der Waals surface area contributed by atoms with Crippen LogP contribution in [0.4, 0.5) is 17.3 Å². The molecular weight excluding hydrogens is 364 g/mol. The second-order valence-electron chi connectivity index (χ2n) is 5.97. The van der Waals surface area contributed by atoms with E-state index in [2.05, 4.69) is 20.6 Å². The zero-order valence-electron chi connectivity index (χ0n) is 15.2. The number of carbonyl (C=O) groups excluding carboxylic acids is 1. The van der Waals surface area contributed by atoms with E-state index in [0.717, 1.165) is 11.3 Å². The van der Waals surface area contributed by atoms with E-state index in [0.29, 0.717) is 28.0 Å². The number of nitrogens with one attached hydrogen (secondary N) is 2. The van der Waals surface area contributed by atoms with Crippen molar-refractivity contribution in [2.75, 3.05) is 17.7 Å². The lowest BCUT2D eigenvalue weighted by atomic mass is 10.1. The number of benzene rings is 2. The van der Waals surface area contributed by atoms with Crippen LogP contribution < -0.4 is 15.4 Å². The van der Waals surface area contributed by atoms with Gasteiger partial charge in [0, 0.05) is 23.8 Å². The van der Waals surface area contributed by atoms with Gasteiger partial charge in [-0.15, -0.1) is 0 Å². The van der Waals surface area contributed by atoms with Crippen molar-refractivity contribution in [3.8, 4) is 5.75 Å². The van der Waals surface area contributed by atoms with Crippen molar-refractivity contribution in [3.63, 3.8) is 0 Å². The quantitative estimate of drug-likeness (QED) is 0.665. The van der Waals surface area contributed by atoms with Crippen LogP contribution >= 0.6 is 11.6 Å². The summed E-state index contributed by atoms with van der Waals surface area (Å²) in [6, 6.07) is 11.0. The zero-order chi connectivity index (χ0) is 19.4. The number of carbonyl (C=O) groups is 1. The minimum absolute atomic E-state index is 0.325. The highest BCUT2D eigenvalue weighted by Crippen LogP contribution is 2.27. The Balaban J connectivity index is 1.70. The van der Waals surface area contributed by atoms with Gasteiger partial charge in [-0.05, 0) is 49.2 Å². The first-order chi connectivity index (χ1) is 13.0. The second-order valence-corrected chi connectivity index (χ2v) is 6.38. The molecule has 0 unspecified atom stereocenters. The van der Waals surface area contributed by atoms with E-state index in [-0.39, 0.29) is 5.91 Å². The molecule has 2 aromatic carbocycles. The van der Waals surface area contributed by atoms with Crippen LogP contribution in [0.15, 0.2) is 48.8 Å². The number of rotatable bonds is 5. The van der Waals surface area contributed by atoms with E-state index >= 15 is 0 Å². The fraction of sp³-hybridized carbons (Fsp3) is 0.150. The fourth-order valence-corrected chi connectivity index (χ4v) is 2.72. The highest BCUT2D eigenvalue weighted by atomic mass is 35.5. The summed E-state index contributed by atoms with van der Waals surface area (Å²) in [6.45, 7) is 4.07. The number of hydrogen-bond acceptors (Lipinski definition) is 5. The lowest BCUT2D eigenvalue weighted by molar-refractivity contribution is 0.102. The van der Waals surface area contributed by atoms with Crippen LogP contribution in [0, 0.1) is 13.8 Å². The van der Waals surface area contributed by atoms with Gasteiger partial charge in [0.15, 0.2) is 0 Å². The number of halogens is 1. The maximum absolute atomic E-state index is 12.4. The first kappa shape index (κ1) is 18.7. The standard InChI is InChI=1S/C20H19ClN4O2/c1-12-5-4-6-17(13(12)2)25-20-22-10-14(11-23-20)19(26)24-15-7-8-18(27-3)16(21)9-15/h4-11H,1-3H3,(H,24,26)(H,22,23,25). The van der Waals surface area contributed by atoms with Crippen LogP contribution in [0.25, 0.3) is 0 Å². The van der Waals surface area contributed by atoms with Crippen molar-refractivity contribution >= 4 is 34.8 Å². The van der Waals surface area contributed by atoms with Gasteiger partial charge in [-0.3, -0.25) is 4.79 Å². The minimum atomic E-state index is -0.325. The second kappa shape index (κ2) is 8.05. The van der Waals surface area contributed by atoms with Crippen LogP contribution in [-0.4, -0.2) is 23.0 Å². The predicted molar refractivity (Wildman–Crippen MR) is 107 cm³/mol. The van der Waals surface area contributed by atoms with E-state index in [1.54, 1.807) is 18.2 Å². The maximum atomic E-state index is 12.4. The third-order valence-corrected chi connectivity index (χ3v) is 4.47. The molecule has 1 amide bonds. The highest BCUT2D eigenvalue weighted by Gasteiger charge is 2.10. The smallest absolute Gasteiger partial charge is 0.258 e. The van der Waals surface area contributed by atoms with E-state index in [1.165, 1.54) is 25.1 Å². The molecule has 1 heterocycles. The van der Waals surface area contributed by atoms with Crippen molar-refractivity contribution in [1.29, 1.82) is 0 Å². The van der Waals surface area contributed by atoms with Gasteiger partial charge in [-0.25, -0.2) is 9.97 Å². The molecule has 3 rings (SSSR count). The third-order valence-electron chi connectivity index (χ3n) is 4.17. The van der Waals surface area contributed by atoms with Crippen LogP contribution in [0.5, 0.6) is 5.75 Å². The molecule has 0 bridgehead atoms. The molecule has 0 radical (unpaired) electrons. The number of methoxy groups -OCH3 is 1. The normalized spacial score (nSPS) is 10.4. The van der Waals surface area contributed by atoms with Crippen LogP contribution in [0.2, 0.25) is 5.02 Å². The van der Waals surface area contributed by atoms with Gasteiger partial charge in [-0.2, -0.15) is 0 Å². The molecule has 3 aromatic rings. The molecule has 0 spiro atoms. The van der Waals surface area contributed by atoms with Crippen LogP contribution in [-0.2, 0) is 0 Å². The predicted octanol–water partition coefficient (Wildman–Crippen LogP) is 4.75. The average Bonchev–Trinajstić information content (AvgIpc) is 2.66. The molecule has 0 fully saturated rings. The fourth-order valence-electron chi connectivity index (χ4n) is 2.46. The number of anilines is 3. The molecule has 2 N–H and O–H groups in total. The van der Waals surface area contributed by atoms with E-state index in [4.69, 9.17) is 16.3 Å². The van der Waals surface area contributed by atoms with Gasteiger partial charge < -0.3 is 15.4 Å². The van der Waals surface area contributed by atoms with Gasteiger partial charge in [0.2, 0.25) is 5.95 Å². The van der Waals surface area contributed by atoms with Crippen molar-refractivity contribution < 1.29 is 9.53 Å². The number of hydrogen-bond donors (Lipinski definition) is 2. The summed E-state index contributed by atoms with van der Waals surface area (Å²) >= 11 is 6.07. The molecule has 0 saturated heterocycles. The van der Waals surface area contributed by atoms with Crippen molar-refractivity contribution in [1.82, 2.24) is 9.97 Å². The van der Waals surface area contributed by atoms with Gasteiger partial charge in [0.25, 0.3) is 5.91 Å². The van der Waals surface area contributed by atoms with E-state index in [9.17, 15) is 4.79 Å². The Hall–Kier alpha value is -3.12. The topological polar surface area (TPSA) is 76.1 Å². The van der Waals surface area contributed by atoms with Crippen molar-refractivity contribution in [2.24, 2.45) is 0 Å². The maximum Gasteiger partial charge on any atom is 0.258 e. The first-order valence-corrected chi connectivity index (χ1v) is 8.66. The number of aryl methyl sites for hydroxylation is 1. The number of ether oxygens (including phenoxy) is 1. The van der Waals surface area contributed by atoms with Crippen molar-refractivity contribution in [2.45, 2.75) is 13.8 Å². The monoisotopic (exact) mass is 382 g/mol. The Labute approximate surface area is 162 Å². The Bertz CT molecular complexity index is 974. The molecule has 0 aliphatic carbocycles. The van der Waals surface area contributed by atoms with Gasteiger partial charge in [-0.1, -0.05) is 23.7 Å². The molecule has 0 aliphatic heterocycles. The highest BCUT2D eigenvalue weighted by molar-refractivity contribution is 6.32. The largest absolute Gasteiger partial charge is 0.495 e. The third kappa shape index (κ3) is 4.35. The molecule has 138 valence electrons. The Kier molecular flexibility index (Phi) is 5.57. The molecule has 0 saturated carbocycles. The number of nitrogens with zero attached hydrogens (tertiary/aromatic N) is 2. The first-order valence-electron chi connectivity index (χ1n) is 8.28. The lowest BCUT2D eigenvalue weighted by Gasteiger charge is -2.10. The molecule has 1 aromatic heterocycles. The minimum Gasteiger partial charge on any atom is -0.495 e. The summed E-state index contributed by atoms with van der Waals surface area (Å²) in [5.74, 6) is 0.641. The molecule has 27 heavy (non-hydrogen) atoms. The number of amides is 1. The number of aromatic nitrogens is 2. The van der Waals surface area contributed by atoms with E-state index in [1.807, 2.05) is 32.0 Å². The molecule has 0 aliphatic rings. The van der Waals surface area contributed by atoms with Gasteiger partial charge in [0.05, 0.1) is 17.7 Å². The van der Waals surface area contributed by atoms with Crippen molar-refractivity contribution in [3.05, 3.63) is 70.5 Å². The average molecular weight is 383 g/mol. The van der Waals surface area contributed by atoms with E-state index < -0.39 is 0 Å². The summed E-state index contributed by atoms with van der Waals surface area (Å²) in [7, 11) is 1.53. The molecule has 6 nitrogen and oxygen atoms in total. The Morgan fingerprint density at radius 3 is 2.52 bits per heavy atom. The van der Waals surface area contributed by atoms with Crippen LogP contribution in [0.3, 0.4) is 0 Å². The summed E-state index contributed by atoms with van der Waals surface area (Å²) in [4.78, 5) is 20.8. The molecular formula is C20H19ClN4O2. The Morgan fingerprint density at radius 1 is 1.11 bits per heavy atom. The lowest BCUT2D eigenvalue weighted by Crippen LogP contribution is -2.13. The van der Waals surface area contributed by atoms with Crippen LogP contribution in [0.1, 0.15) is 21.5 Å². The van der Waals surface area contributed by atoms with Gasteiger partial charge >= 0.3 is 0 Å². The summed E-state index contributed by atoms with van der Waals surface area (Å²) in [5.41, 5.74) is 4.13. The summed E-state index contributed by atoms with van der Waals surface area (Å²) in [5, 5.41) is 6.34. The molecule has 7 heteroatoms. The zero-order valence-corrected chi connectivity index (χ0v) is 16.0. The SMILES string of the molecule is COc1ccc(NC(=O)c2cnc(Nc3cccc(C)c3C)nc2)cc1Cl. The Morgan fingerprint density at radius 2 is 1.85 bits per heavy atom. The molecule has 0 atom stereocenters. The summed E-state index contributed by atoms with van der Waals surface area (Å²) < 4.78 is 5.10. The summed E-state index contributed by atoms with van der Waals surface area (Å²) in [6.07, 6.45) is 2.95.